The summed E-state index contributed by atoms with van der Waals surface area (Å²) >= 11 is 0. The molecular formula is C8H8O5. The van der Waals surface area contributed by atoms with Crippen molar-refractivity contribution in [2.45, 2.75) is 12.8 Å². The molecule has 0 amide bonds. The molecule has 0 spiro atoms. The molecule has 1 rings (SSSR count). The average molecular weight is 184 g/mol. The molecule has 0 aliphatic heterocycles. The number of hydrogen-bond acceptors (Lipinski definition) is 3. The second-order valence-electron chi connectivity index (χ2n) is 3.00. The van der Waals surface area contributed by atoms with Gasteiger partial charge in [0.15, 0.2) is 0 Å². The van der Waals surface area contributed by atoms with Crippen molar-refractivity contribution in [1.82, 2.24) is 0 Å². The zero-order valence-corrected chi connectivity index (χ0v) is 6.69. The summed E-state index contributed by atoms with van der Waals surface area (Å²) in [6, 6.07) is 0. The van der Waals surface area contributed by atoms with Crippen LogP contribution < -0.4 is 0 Å². The summed E-state index contributed by atoms with van der Waals surface area (Å²) < 4.78 is 0. The van der Waals surface area contributed by atoms with Gasteiger partial charge in [0.1, 0.15) is 5.94 Å². The summed E-state index contributed by atoms with van der Waals surface area (Å²) in [5.41, 5.74) is 0.250. The molecule has 2 N–H and O–H groups in total. The van der Waals surface area contributed by atoms with E-state index >= 15 is 0 Å². The van der Waals surface area contributed by atoms with E-state index in [-0.39, 0.29) is 18.4 Å². The summed E-state index contributed by atoms with van der Waals surface area (Å²) in [5.74, 6) is -2.72. The summed E-state index contributed by atoms with van der Waals surface area (Å²) in [6.07, 6.45) is 0.0194. The van der Waals surface area contributed by atoms with E-state index in [0.717, 1.165) is 0 Å². The van der Waals surface area contributed by atoms with Crippen molar-refractivity contribution in [2.24, 2.45) is 11.8 Å². The maximum absolute atomic E-state index is 10.6. The van der Waals surface area contributed by atoms with Crippen LogP contribution >= 0.6 is 0 Å². The molecule has 1 fully saturated rings. The van der Waals surface area contributed by atoms with Gasteiger partial charge in [0, 0.05) is 5.57 Å². The first kappa shape index (κ1) is 9.48. The predicted octanol–water partition coefficient (Wildman–Crippen LogP) is -0.0602. The Bertz CT molecular complexity index is 276. The quantitative estimate of drug-likeness (QED) is 0.586. The van der Waals surface area contributed by atoms with Crippen molar-refractivity contribution in [3.63, 3.8) is 0 Å². The Kier molecular flexibility index (Phi) is 2.49. The van der Waals surface area contributed by atoms with Gasteiger partial charge in [-0.05, 0) is 12.8 Å². The van der Waals surface area contributed by atoms with Gasteiger partial charge in [-0.3, -0.25) is 9.59 Å². The largest absolute Gasteiger partial charge is 0.481 e. The van der Waals surface area contributed by atoms with Gasteiger partial charge in [-0.2, -0.15) is 0 Å². The highest BCUT2D eigenvalue weighted by molar-refractivity contribution is 5.82. The normalized spacial score (nSPS) is 26.9. The Labute approximate surface area is 73.7 Å². The molecule has 0 radical (unpaired) electrons. The average Bonchev–Trinajstić information content (AvgIpc) is 2.47. The summed E-state index contributed by atoms with van der Waals surface area (Å²) in [4.78, 5) is 31.3. The number of aliphatic carboxylic acids is 2. The molecule has 5 nitrogen and oxygen atoms in total. The second-order valence-corrected chi connectivity index (χ2v) is 3.00. The van der Waals surface area contributed by atoms with Gasteiger partial charge in [-0.1, -0.05) is 0 Å². The molecule has 0 saturated heterocycles. The van der Waals surface area contributed by atoms with Gasteiger partial charge in [0.25, 0.3) is 0 Å². The molecule has 70 valence electrons. The predicted molar refractivity (Wildman–Crippen MR) is 40.7 cm³/mol. The minimum Gasteiger partial charge on any atom is -0.481 e. The molecule has 2 atom stereocenters. The Morgan fingerprint density at radius 1 is 1.15 bits per heavy atom. The highest BCUT2D eigenvalue weighted by Gasteiger charge is 2.40. The number of rotatable bonds is 2. The van der Waals surface area contributed by atoms with E-state index in [1.165, 1.54) is 0 Å². The number of hydrogen-bond donors (Lipinski definition) is 2. The van der Waals surface area contributed by atoms with Crippen LogP contribution in [0.25, 0.3) is 0 Å². The zero-order chi connectivity index (χ0) is 10.0. The van der Waals surface area contributed by atoms with E-state index in [2.05, 4.69) is 0 Å². The fourth-order valence-electron chi connectivity index (χ4n) is 1.50. The summed E-state index contributed by atoms with van der Waals surface area (Å²) in [7, 11) is 0. The summed E-state index contributed by atoms with van der Waals surface area (Å²) in [6.45, 7) is 0. The lowest BCUT2D eigenvalue weighted by atomic mass is 9.97. The topological polar surface area (TPSA) is 91.7 Å². The monoisotopic (exact) mass is 184 g/mol. The van der Waals surface area contributed by atoms with Crippen LogP contribution in [0.3, 0.4) is 0 Å². The molecule has 1 aliphatic rings. The molecule has 1 aliphatic carbocycles. The van der Waals surface area contributed by atoms with Gasteiger partial charge >= 0.3 is 11.9 Å². The number of carboxylic acids is 2. The van der Waals surface area contributed by atoms with Gasteiger partial charge < -0.3 is 10.2 Å². The Hall–Kier alpha value is -1.61. The highest BCUT2D eigenvalue weighted by atomic mass is 16.4. The molecule has 1 saturated carbocycles. The standard InChI is InChI=1S/C8H8O5/c9-3-4-1-5(7(10)11)6(2-4)8(12)13/h5-6H,1-2H2,(H,10,11)(H,12,13). The molecule has 13 heavy (non-hydrogen) atoms. The lowest BCUT2D eigenvalue weighted by molar-refractivity contribution is -0.152. The fraction of sp³-hybridized carbons (Fsp3) is 0.500. The summed E-state index contributed by atoms with van der Waals surface area (Å²) in [5, 5.41) is 17.3. The number of carbonyl (C=O) groups is 2. The van der Waals surface area contributed by atoms with E-state index in [1.54, 1.807) is 5.94 Å². The van der Waals surface area contributed by atoms with E-state index in [9.17, 15) is 14.4 Å². The molecule has 0 bridgehead atoms. The van der Waals surface area contributed by atoms with E-state index in [4.69, 9.17) is 10.2 Å². The number of allylic oxidation sites excluding steroid dienone is 1. The SMILES string of the molecule is O=C=C1CC(C(=O)O)C(C(=O)O)C1. The fourth-order valence-corrected chi connectivity index (χ4v) is 1.50. The first-order chi connectivity index (χ1) is 6.06. The lowest BCUT2D eigenvalue weighted by Crippen LogP contribution is -2.24. The smallest absolute Gasteiger partial charge is 0.307 e. The molecule has 0 aromatic rings. The maximum Gasteiger partial charge on any atom is 0.307 e. The Morgan fingerprint density at radius 2 is 1.54 bits per heavy atom. The van der Waals surface area contributed by atoms with Crippen LogP contribution in [0.4, 0.5) is 0 Å². The van der Waals surface area contributed by atoms with E-state index in [0.29, 0.717) is 0 Å². The van der Waals surface area contributed by atoms with Crippen LogP contribution in [-0.2, 0) is 14.4 Å². The molecular weight excluding hydrogens is 176 g/mol. The van der Waals surface area contributed by atoms with Crippen molar-refractivity contribution in [3.8, 4) is 0 Å². The molecule has 5 heteroatoms. The molecule has 0 aromatic heterocycles. The van der Waals surface area contributed by atoms with Crippen molar-refractivity contribution < 1.29 is 24.6 Å². The van der Waals surface area contributed by atoms with E-state index < -0.39 is 23.8 Å². The highest BCUT2D eigenvalue weighted by Crippen LogP contribution is 2.34. The lowest BCUT2D eigenvalue weighted by Gasteiger charge is -2.08. The van der Waals surface area contributed by atoms with Gasteiger partial charge in [0.2, 0.25) is 0 Å². The van der Waals surface area contributed by atoms with Crippen LogP contribution in [0.2, 0.25) is 0 Å². The second kappa shape index (κ2) is 3.41. The van der Waals surface area contributed by atoms with E-state index in [1.807, 2.05) is 0 Å². The number of carbonyl (C=O) groups excluding carboxylic acids is 1. The van der Waals surface area contributed by atoms with Gasteiger partial charge in [-0.15, -0.1) is 0 Å². The Balaban J connectivity index is 2.89. The third-order valence-corrected chi connectivity index (χ3v) is 2.20. The van der Waals surface area contributed by atoms with Gasteiger partial charge in [0.05, 0.1) is 11.8 Å². The van der Waals surface area contributed by atoms with Crippen LogP contribution in [0.1, 0.15) is 12.8 Å². The third kappa shape index (κ3) is 1.76. The Morgan fingerprint density at radius 3 is 1.77 bits per heavy atom. The molecule has 0 heterocycles. The van der Waals surface area contributed by atoms with Crippen LogP contribution in [-0.4, -0.2) is 28.1 Å². The number of carboxylic acid groups (broad SMARTS) is 2. The maximum atomic E-state index is 10.6. The first-order valence-corrected chi connectivity index (χ1v) is 3.74. The van der Waals surface area contributed by atoms with Crippen LogP contribution in [0.15, 0.2) is 5.57 Å². The van der Waals surface area contributed by atoms with Crippen molar-refractivity contribution in [1.29, 1.82) is 0 Å². The van der Waals surface area contributed by atoms with Crippen molar-refractivity contribution in [2.75, 3.05) is 0 Å². The van der Waals surface area contributed by atoms with Crippen LogP contribution in [0, 0.1) is 11.8 Å². The first-order valence-electron chi connectivity index (χ1n) is 3.74. The minimum absolute atomic E-state index is 0.00972. The molecule has 2 unspecified atom stereocenters. The molecule has 0 aromatic carbocycles. The third-order valence-electron chi connectivity index (χ3n) is 2.20. The van der Waals surface area contributed by atoms with Crippen molar-refractivity contribution in [3.05, 3.63) is 5.57 Å². The van der Waals surface area contributed by atoms with Gasteiger partial charge in [-0.25, -0.2) is 4.79 Å². The van der Waals surface area contributed by atoms with Crippen LogP contribution in [0.5, 0.6) is 0 Å². The zero-order valence-electron chi connectivity index (χ0n) is 6.69. The van der Waals surface area contributed by atoms with Crippen molar-refractivity contribution >= 4 is 17.9 Å². The minimum atomic E-state index is -1.17.